The van der Waals surface area contributed by atoms with E-state index >= 15 is 0 Å². The van der Waals surface area contributed by atoms with Crippen LogP contribution in [-0.2, 0) is 4.79 Å². The molecule has 0 saturated carbocycles. The Hall–Kier alpha value is -1.39. The molecule has 1 N–H and O–H groups in total. The maximum absolute atomic E-state index is 12.4. The summed E-state index contributed by atoms with van der Waals surface area (Å²) < 4.78 is 0. The largest absolute Gasteiger partial charge is 0.332 e. The van der Waals surface area contributed by atoms with Crippen LogP contribution in [0.2, 0.25) is 0 Å². The molecule has 1 fully saturated rings. The SMILES string of the molecule is CCCNCC(=O)N1CCN(C)CC1c1ccccc1. The number of carbonyl (C=O) groups is 1. The Bertz CT molecular complexity index is 421. The highest BCUT2D eigenvalue weighted by atomic mass is 16.2. The van der Waals surface area contributed by atoms with Gasteiger partial charge in [-0.15, -0.1) is 0 Å². The second-order valence-corrected chi connectivity index (χ2v) is 5.45. The molecule has 1 unspecified atom stereocenters. The molecule has 1 saturated heterocycles. The molecule has 20 heavy (non-hydrogen) atoms. The summed E-state index contributed by atoms with van der Waals surface area (Å²) in [5.41, 5.74) is 1.22. The second kappa shape index (κ2) is 7.41. The molecular weight excluding hydrogens is 250 g/mol. The van der Waals surface area contributed by atoms with Gasteiger partial charge >= 0.3 is 0 Å². The number of nitrogens with one attached hydrogen (secondary N) is 1. The molecule has 1 heterocycles. The summed E-state index contributed by atoms with van der Waals surface area (Å²) >= 11 is 0. The molecule has 110 valence electrons. The predicted molar refractivity (Wildman–Crippen MR) is 81.6 cm³/mol. The molecule has 0 spiro atoms. The number of amides is 1. The van der Waals surface area contributed by atoms with E-state index < -0.39 is 0 Å². The predicted octanol–water partition coefficient (Wildman–Crippen LogP) is 1.50. The van der Waals surface area contributed by atoms with Crippen LogP contribution < -0.4 is 5.32 Å². The van der Waals surface area contributed by atoms with E-state index in [0.29, 0.717) is 6.54 Å². The van der Waals surface area contributed by atoms with Crippen LogP contribution in [0.3, 0.4) is 0 Å². The van der Waals surface area contributed by atoms with Crippen molar-refractivity contribution in [2.75, 3.05) is 39.8 Å². The van der Waals surface area contributed by atoms with Gasteiger partial charge in [0.15, 0.2) is 0 Å². The Morgan fingerprint density at radius 1 is 1.30 bits per heavy atom. The minimum absolute atomic E-state index is 0.172. The lowest BCUT2D eigenvalue weighted by atomic mass is 10.0. The van der Waals surface area contributed by atoms with Crippen molar-refractivity contribution in [3.05, 3.63) is 35.9 Å². The normalized spacial score (nSPS) is 20.1. The Labute approximate surface area is 121 Å². The number of hydrogen-bond acceptors (Lipinski definition) is 3. The smallest absolute Gasteiger partial charge is 0.237 e. The topological polar surface area (TPSA) is 35.6 Å². The Kier molecular flexibility index (Phi) is 5.56. The van der Waals surface area contributed by atoms with E-state index in [0.717, 1.165) is 32.6 Å². The minimum atomic E-state index is 0.172. The Morgan fingerprint density at radius 3 is 2.75 bits per heavy atom. The van der Waals surface area contributed by atoms with Gasteiger partial charge in [-0.25, -0.2) is 0 Å². The highest BCUT2D eigenvalue weighted by molar-refractivity contribution is 5.79. The van der Waals surface area contributed by atoms with Gasteiger partial charge in [-0.2, -0.15) is 0 Å². The molecule has 1 amide bonds. The fourth-order valence-electron chi connectivity index (χ4n) is 2.65. The van der Waals surface area contributed by atoms with E-state index in [2.05, 4.69) is 36.3 Å². The molecule has 0 aromatic heterocycles. The Balaban J connectivity index is 2.06. The molecule has 4 heteroatoms. The molecule has 1 aliphatic heterocycles. The zero-order valence-electron chi connectivity index (χ0n) is 12.5. The molecular formula is C16H25N3O. The lowest BCUT2D eigenvalue weighted by molar-refractivity contribution is -0.135. The van der Waals surface area contributed by atoms with Crippen molar-refractivity contribution in [1.82, 2.24) is 15.1 Å². The summed E-state index contributed by atoms with van der Waals surface area (Å²) in [6, 6.07) is 10.5. The monoisotopic (exact) mass is 275 g/mol. The molecule has 1 aromatic carbocycles. The lowest BCUT2D eigenvalue weighted by Gasteiger charge is -2.40. The van der Waals surface area contributed by atoms with Crippen LogP contribution in [0.25, 0.3) is 0 Å². The van der Waals surface area contributed by atoms with Gasteiger partial charge in [0, 0.05) is 19.6 Å². The lowest BCUT2D eigenvalue weighted by Crippen LogP contribution is -2.51. The Morgan fingerprint density at radius 2 is 2.05 bits per heavy atom. The standard InChI is InChI=1S/C16H25N3O/c1-3-9-17-12-16(20)19-11-10-18(2)13-15(19)14-7-5-4-6-8-14/h4-8,15,17H,3,9-13H2,1-2H3. The van der Waals surface area contributed by atoms with E-state index in [1.54, 1.807) is 0 Å². The summed E-state index contributed by atoms with van der Waals surface area (Å²) in [6.45, 7) is 6.12. The molecule has 1 atom stereocenters. The van der Waals surface area contributed by atoms with Crippen LogP contribution in [0.5, 0.6) is 0 Å². The first kappa shape index (κ1) is 15.0. The molecule has 0 aliphatic carbocycles. The average molecular weight is 275 g/mol. The second-order valence-electron chi connectivity index (χ2n) is 5.45. The van der Waals surface area contributed by atoms with Gasteiger partial charge in [-0.3, -0.25) is 4.79 Å². The van der Waals surface area contributed by atoms with Gasteiger partial charge in [-0.1, -0.05) is 37.3 Å². The molecule has 1 aliphatic rings. The van der Waals surface area contributed by atoms with E-state index in [1.807, 2.05) is 23.1 Å². The maximum Gasteiger partial charge on any atom is 0.237 e. The number of hydrogen-bond donors (Lipinski definition) is 1. The number of carbonyl (C=O) groups excluding carboxylic acids is 1. The maximum atomic E-state index is 12.4. The summed E-state index contributed by atoms with van der Waals surface area (Å²) in [7, 11) is 2.12. The number of likely N-dealkylation sites (N-methyl/N-ethyl adjacent to an activating group) is 1. The quantitative estimate of drug-likeness (QED) is 0.827. The van der Waals surface area contributed by atoms with E-state index in [9.17, 15) is 4.79 Å². The third-order valence-electron chi connectivity index (χ3n) is 3.79. The van der Waals surface area contributed by atoms with Crippen molar-refractivity contribution in [2.45, 2.75) is 19.4 Å². The van der Waals surface area contributed by atoms with Gasteiger partial charge in [0.25, 0.3) is 0 Å². The average Bonchev–Trinajstić information content (AvgIpc) is 2.48. The van der Waals surface area contributed by atoms with Crippen molar-refractivity contribution in [3.63, 3.8) is 0 Å². The van der Waals surface area contributed by atoms with Gasteiger partial charge in [0.05, 0.1) is 12.6 Å². The van der Waals surface area contributed by atoms with Crippen molar-refractivity contribution >= 4 is 5.91 Å². The van der Waals surface area contributed by atoms with Crippen molar-refractivity contribution < 1.29 is 4.79 Å². The fraction of sp³-hybridized carbons (Fsp3) is 0.562. The summed E-state index contributed by atoms with van der Waals surface area (Å²) in [6.07, 6.45) is 1.05. The summed E-state index contributed by atoms with van der Waals surface area (Å²) in [5, 5.41) is 3.21. The number of nitrogens with zero attached hydrogens (tertiary/aromatic N) is 2. The van der Waals surface area contributed by atoms with E-state index in [4.69, 9.17) is 0 Å². The van der Waals surface area contributed by atoms with Crippen molar-refractivity contribution in [3.8, 4) is 0 Å². The highest BCUT2D eigenvalue weighted by Crippen LogP contribution is 2.24. The molecule has 0 bridgehead atoms. The van der Waals surface area contributed by atoms with Crippen LogP contribution in [0.15, 0.2) is 30.3 Å². The first-order valence-corrected chi connectivity index (χ1v) is 7.46. The van der Waals surface area contributed by atoms with Crippen LogP contribution in [0.1, 0.15) is 24.9 Å². The van der Waals surface area contributed by atoms with Crippen molar-refractivity contribution in [1.29, 1.82) is 0 Å². The van der Waals surface area contributed by atoms with Gasteiger partial charge in [0.2, 0.25) is 5.91 Å². The van der Waals surface area contributed by atoms with Crippen molar-refractivity contribution in [2.24, 2.45) is 0 Å². The van der Waals surface area contributed by atoms with Gasteiger partial charge in [0.1, 0.15) is 0 Å². The summed E-state index contributed by atoms with van der Waals surface area (Å²) in [5.74, 6) is 0.209. The van der Waals surface area contributed by atoms with E-state index in [1.165, 1.54) is 5.56 Å². The molecule has 4 nitrogen and oxygen atoms in total. The van der Waals surface area contributed by atoms with Crippen LogP contribution in [-0.4, -0.2) is 55.5 Å². The molecule has 0 radical (unpaired) electrons. The third-order valence-corrected chi connectivity index (χ3v) is 3.79. The van der Waals surface area contributed by atoms with Gasteiger partial charge < -0.3 is 15.1 Å². The number of rotatable bonds is 5. The van der Waals surface area contributed by atoms with Crippen LogP contribution in [0, 0.1) is 0 Å². The summed E-state index contributed by atoms with van der Waals surface area (Å²) in [4.78, 5) is 16.7. The van der Waals surface area contributed by atoms with Gasteiger partial charge in [-0.05, 0) is 25.6 Å². The zero-order chi connectivity index (χ0) is 14.4. The van der Waals surface area contributed by atoms with E-state index in [-0.39, 0.29) is 11.9 Å². The van der Waals surface area contributed by atoms with Crippen LogP contribution in [0.4, 0.5) is 0 Å². The fourth-order valence-corrected chi connectivity index (χ4v) is 2.65. The number of piperazine rings is 1. The molecule has 1 aromatic rings. The van der Waals surface area contributed by atoms with Crippen LogP contribution >= 0.6 is 0 Å². The highest BCUT2D eigenvalue weighted by Gasteiger charge is 2.29. The first-order valence-electron chi connectivity index (χ1n) is 7.46. The minimum Gasteiger partial charge on any atom is -0.332 e. The third kappa shape index (κ3) is 3.81. The number of benzene rings is 1. The first-order chi connectivity index (χ1) is 9.72. The zero-order valence-corrected chi connectivity index (χ0v) is 12.5. The molecule has 2 rings (SSSR count).